The van der Waals surface area contributed by atoms with Crippen molar-refractivity contribution < 1.29 is 0 Å². The van der Waals surface area contributed by atoms with Crippen molar-refractivity contribution in [2.45, 2.75) is 109 Å². The Kier molecular flexibility index (Phi) is 7.81. The predicted molar refractivity (Wildman–Crippen MR) is 193 cm³/mol. The van der Waals surface area contributed by atoms with Crippen LogP contribution in [-0.2, 0) is 0 Å². The number of rotatable bonds is 5. The van der Waals surface area contributed by atoms with Gasteiger partial charge in [-0.1, -0.05) is 93.2 Å². The lowest BCUT2D eigenvalue weighted by molar-refractivity contribution is 0.354. The molecule has 3 heteroatoms. The van der Waals surface area contributed by atoms with Gasteiger partial charge < -0.3 is 0 Å². The Balaban J connectivity index is 1.21. The minimum Gasteiger partial charge on any atom is -0.140 e. The Morgan fingerprint density at radius 3 is 1.67 bits per heavy atom. The highest BCUT2D eigenvalue weighted by molar-refractivity contribution is 7.22. The topological polar surface area (TPSA) is 0 Å². The molecule has 3 saturated carbocycles. The van der Waals surface area contributed by atoms with Gasteiger partial charge >= 0.3 is 0 Å². The maximum atomic E-state index is 2.79. The average Bonchev–Trinajstić information content (AvgIpc) is 3.73. The molecule has 3 aliphatic carbocycles. The molecular weight excluding hydrogens is 573 g/mol. The first kappa shape index (κ1) is 28.5. The fourth-order valence-electron chi connectivity index (χ4n) is 9.88. The largest absolute Gasteiger partial charge is 0.140 e. The summed E-state index contributed by atoms with van der Waals surface area (Å²) in [6.45, 7) is 5.58. The summed E-state index contributed by atoms with van der Waals surface area (Å²) in [4.78, 5) is 3.29. The number of hydrogen-bond acceptors (Lipinski definition) is 2. The molecule has 0 radical (unpaired) electrons. The fraction of sp³-hybridized carbons (Fsp3) is 0.500. The van der Waals surface area contributed by atoms with Crippen molar-refractivity contribution >= 4 is 56.1 Å². The Hall–Kier alpha value is -1.94. The van der Waals surface area contributed by atoms with E-state index in [-0.39, 0.29) is 0 Å². The van der Waals surface area contributed by atoms with Crippen molar-refractivity contribution in [3.63, 3.8) is 0 Å². The molecule has 0 bridgehead atoms. The molecule has 43 heavy (non-hydrogen) atoms. The molecule has 3 fully saturated rings. The van der Waals surface area contributed by atoms with Crippen LogP contribution in [0.4, 0.5) is 0 Å². The van der Waals surface area contributed by atoms with Crippen LogP contribution in [0.2, 0.25) is 13.1 Å². The molecule has 3 heterocycles. The molecule has 4 aromatic rings. The van der Waals surface area contributed by atoms with Crippen LogP contribution in [0.3, 0.4) is 0 Å². The average molecular weight is 621 g/mol. The minimum absolute atomic E-state index is 0.756. The number of fused-ring (bicyclic) bond motifs is 2. The van der Waals surface area contributed by atoms with E-state index in [0.717, 1.165) is 23.7 Å². The summed E-state index contributed by atoms with van der Waals surface area (Å²) in [5.41, 5.74) is 3.90. The van der Waals surface area contributed by atoms with Crippen molar-refractivity contribution in [1.29, 1.82) is 0 Å². The third-order valence-corrected chi connectivity index (χ3v) is 18.2. The number of thiophene rings is 2. The third kappa shape index (κ3) is 5.16. The van der Waals surface area contributed by atoms with Crippen LogP contribution < -0.4 is 0 Å². The van der Waals surface area contributed by atoms with Gasteiger partial charge in [-0.15, -0.1) is 22.7 Å². The molecule has 0 N–H and O–H groups in total. The second-order valence-corrected chi connectivity index (χ2v) is 21.3. The Morgan fingerprint density at radius 2 is 1.07 bits per heavy atom. The molecule has 0 unspecified atom stereocenters. The Morgan fingerprint density at radius 1 is 0.535 bits per heavy atom. The first-order valence-electron chi connectivity index (χ1n) is 17.5. The highest BCUT2D eigenvalue weighted by Crippen LogP contribution is 2.58. The maximum absolute atomic E-state index is 2.79. The van der Waals surface area contributed by atoms with Crippen LogP contribution in [0, 0.1) is 17.8 Å². The van der Waals surface area contributed by atoms with Gasteiger partial charge in [0.05, 0.1) is 0 Å². The zero-order valence-corrected chi connectivity index (χ0v) is 28.9. The molecule has 8 rings (SSSR count). The standard InChI is InChI=1S/C40H48S2Si/c1-43(2)39(30-23-21-27(22-24-30)35-25-31-17-9-11-19-33(31)41-35)37(28-13-5-3-6-14-28)38(29-15-7-4-8-16-29)40(43)36-26-32-18-10-12-20-34(32)42-36/h9-12,17-20,25-30H,3-8,13-16,21-24H2,1-2H3. The smallest absolute Gasteiger partial charge is 0.110 e. The number of hydrogen-bond donors (Lipinski definition) is 0. The summed E-state index contributed by atoms with van der Waals surface area (Å²) >= 11 is 4.18. The predicted octanol–water partition coefficient (Wildman–Crippen LogP) is 13.1. The van der Waals surface area contributed by atoms with Gasteiger partial charge in [0.25, 0.3) is 0 Å². The first-order valence-corrected chi connectivity index (χ1v) is 22.2. The van der Waals surface area contributed by atoms with E-state index >= 15 is 0 Å². The van der Waals surface area contributed by atoms with E-state index < -0.39 is 8.07 Å². The molecule has 2 aromatic heterocycles. The van der Waals surface area contributed by atoms with Crippen LogP contribution in [0.5, 0.6) is 0 Å². The zero-order chi connectivity index (χ0) is 29.0. The quantitative estimate of drug-likeness (QED) is 0.195. The van der Waals surface area contributed by atoms with Gasteiger partial charge in [0.15, 0.2) is 0 Å². The van der Waals surface area contributed by atoms with E-state index in [2.05, 4.69) is 96.4 Å². The Bertz CT molecular complexity index is 1610. The van der Waals surface area contributed by atoms with Gasteiger partial charge in [-0.05, 0) is 126 Å². The van der Waals surface area contributed by atoms with Crippen LogP contribution in [0.15, 0.2) is 77.0 Å². The van der Waals surface area contributed by atoms with Crippen molar-refractivity contribution in [3.8, 4) is 0 Å². The van der Waals surface area contributed by atoms with Crippen LogP contribution in [0.1, 0.15) is 106 Å². The molecule has 0 saturated heterocycles. The van der Waals surface area contributed by atoms with Crippen LogP contribution >= 0.6 is 22.7 Å². The summed E-state index contributed by atoms with van der Waals surface area (Å²) in [5, 5.41) is 6.84. The van der Waals surface area contributed by atoms with Gasteiger partial charge in [-0.2, -0.15) is 0 Å². The SMILES string of the molecule is C[Si]1(C)C(c2cc3ccccc3s2)=C(C2CCCCC2)C(C2CCCCC2)=C1C1CCC(c2cc3ccccc3s2)CC1. The van der Waals surface area contributed by atoms with Gasteiger partial charge in [0, 0.05) is 19.2 Å². The summed E-state index contributed by atoms with van der Waals surface area (Å²) in [5.74, 6) is 3.17. The van der Waals surface area contributed by atoms with E-state index in [1.165, 1.54) is 110 Å². The lowest BCUT2D eigenvalue weighted by Gasteiger charge is -2.37. The third-order valence-electron chi connectivity index (χ3n) is 11.8. The molecule has 1 aliphatic heterocycles. The van der Waals surface area contributed by atoms with Gasteiger partial charge in [0.2, 0.25) is 0 Å². The van der Waals surface area contributed by atoms with E-state index in [9.17, 15) is 0 Å². The molecular formula is C40H48S2Si. The number of allylic oxidation sites excluding steroid dienone is 3. The second kappa shape index (κ2) is 11.8. The molecule has 0 amide bonds. The summed E-state index contributed by atoms with van der Waals surface area (Å²) < 4.78 is 2.95. The molecule has 0 spiro atoms. The summed E-state index contributed by atoms with van der Waals surface area (Å²) in [7, 11) is -1.84. The molecule has 0 atom stereocenters. The molecule has 2 aromatic carbocycles. The van der Waals surface area contributed by atoms with Crippen molar-refractivity contribution in [2.24, 2.45) is 17.8 Å². The van der Waals surface area contributed by atoms with Crippen molar-refractivity contribution in [1.82, 2.24) is 0 Å². The van der Waals surface area contributed by atoms with Gasteiger partial charge in [0.1, 0.15) is 8.07 Å². The van der Waals surface area contributed by atoms with E-state index in [1.54, 1.807) is 9.75 Å². The fourth-order valence-corrected chi connectivity index (χ4v) is 17.3. The first-order chi connectivity index (χ1) is 21.1. The lowest BCUT2D eigenvalue weighted by Crippen LogP contribution is -2.35. The minimum atomic E-state index is -1.84. The number of benzene rings is 2. The normalized spacial score (nSPS) is 25.8. The second-order valence-electron chi connectivity index (χ2n) is 14.8. The summed E-state index contributed by atoms with van der Waals surface area (Å²) in [6.07, 6.45) is 19.9. The highest BCUT2D eigenvalue weighted by Gasteiger charge is 2.49. The molecule has 0 nitrogen and oxygen atoms in total. The van der Waals surface area contributed by atoms with E-state index in [4.69, 9.17) is 0 Å². The van der Waals surface area contributed by atoms with E-state index in [1.807, 2.05) is 21.5 Å². The molecule has 4 aliphatic rings. The molecule has 224 valence electrons. The summed E-state index contributed by atoms with van der Waals surface area (Å²) in [6, 6.07) is 23.3. The zero-order valence-electron chi connectivity index (χ0n) is 26.3. The lowest BCUT2D eigenvalue weighted by atomic mass is 9.71. The monoisotopic (exact) mass is 620 g/mol. The Labute approximate surface area is 268 Å². The van der Waals surface area contributed by atoms with Gasteiger partial charge in [-0.3, -0.25) is 0 Å². The van der Waals surface area contributed by atoms with Gasteiger partial charge in [-0.25, -0.2) is 0 Å². The van der Waals surface area contributed by atoms with Crippen molar-refractivity contribution in [2.75, 3.05) is 0 Å². The van der Waals surface area contributed by atoms with E-state index in [0.29, 0.717) is 0 Å². The van der Waals surface area contributed by atoms with Crippen LogP contribution in [-0.4, -0.2) is 8.07 Å². The highest BCUT2D eigenvalue weighted by atomic mass is 32.1. The van der Waals surface area contributed by atoms with Crippen molar-refractivity contribution in [3.05, 3.63) is 86.8 Å². The maximum Gasteiger partial charge on any atom is 0.110 e. The van der Waals surface area contributed by atoms with Crippen LogP contribution in [0.25, 0.3) is 25.4 Å².